The fourth-order valence-corrected chi connectivity index (χ4v) is 3.28. The molecule has 1 heterocycles. The summed E-state index contributed by atoms with van der Waals surface area (Å²) in [5.41, 5.74) is 2.08. The minimum atomic E-state index is -0.487. The molecule has 0 aromatic heterocycles. The van der Waals surface area contributed by atoms with E-state index in [1.807, 2.05) is 48.5 Å². The summed E-state index contributed by atoms with van der Waals surface area (Å²) in [6, 6.07) is 18.9. The Kier molecular flexibility index (Phi) is 5.86. The average Bonchev–Trinajstić information content (AvgIpc) is 2.70. The molecular weight excluding hydrogens is 328 g/mol. The predicted octanol–water partition coefficient (Wildman–Crippen LogP) is 2.01. The average molecular weight is 352 g/mol. The van der Waals surface area contributed by atoms with Gasteiger partial charge in [-0.3, -0.25) is 15.0 Å². The molecule has 3 amide bonds. The van der Waals surface area contributed by atoms with Crippen LogP contribution >= 0.6 is 0 Å². The van der Waals surface area contributed by atoms with Crippen molar-refractivity contribution in [2.75, 3.05) is 38.1 Å². The van der Waals surface area contributed by atoms with Gasteiger partial charge in [0.15, 0.2) is 0 Å². The first-order valence-electron chi connectivity index (χ1n) is 8.80. The SMILES string of the molecule is CNC(=O)NC(=O)C(c1ccccc1)N1CCN(c2ccccc2)CC1. The second kappa shape index (κ2) is 8.49. The molecule has 0 saturated carbocycles. The minimum absolute atomic E-state index is 0.302. The van der Waals surface area contributed by atoms with Gasteiger partial charge in [-0.25, -0.2) is 4.79 Å². The van der Waals surface area contributed by atoms with Gasteiger partial charge in [0.1, 0.15) is 6.04 Å². The van der Waals surface area contributed by atoms with Crippen LogP contribution in [0.25, 0.3) is 0 Å². The van der Waals surface area contributed by atoms with E-state index in [1.54, 1.807) is 0 Å². The number of anilines is 1. The molecule has 1 aliphatic rings. The smallest absolute Gasteiger partial charge is 0.321 e. The number of carbonyl (C=O) groups is 2. The molecule has 0 bridgehead atoms. The number of nitrogens with zero attached hydrogens (tertiary/aromatic N) is 2. The summed E-state index contributed by atoms with van der Waals surface area (Å²) in [7, 11) is 1.50. The Bertz CT molecular complexity index is 728. The predicted molar refractivity (Wildman–Crippen MR) is 102 cm³/mol. The van der Waals surface area contributed by atoms with E-state index in [-0.39, 0.29) is 5.91 Å². The number of para-hydroxylation sites is 1. The van der Waals surface area contributed by atoms with Crippen molar-refractivity contribution in [1.29, 1.82) is 0 Å². The third kappa shape index (κ3) is 4.21. The number of hydrogen-bond acceptors (Lipinski definition) is 4. The molecule has 1 aliphatic heterocycles. The van der Waals surface area contributed by atoms with Crippen molar-refractivity contribution < 1.29 is 9.59 Å². The second-order valence-corrected chi connectivity index (χ2v) is 6.24. The van der Waals surface area contributed by atoms with Crippen molar-refractivity contribution in [2.45, 2.75) is 6.04 Å². The molecule has 6 nitrogen and oxygen atoms in total. The zero-order valence-corrected chi connectivity index (χ0v) is 14.9. The van der Waals surface area contributed by atoms with E-state index >= 15 is 0 Å². The Hall–Kier alpha value is -2.86. The molecule has 2 aromatic rings. The van der Waals surface area contributed by atoms with E-state index in [0.717, 1.165) is 31.7 Å². The highest BCUT2D eigenvalue weighted by atomic mass is 16.2. The third-order valence-electron chi connectivity index (χ3n) is 4.63. The van der Waals surface area contributed by atoms with E-state index in [0.29, 0.717) is 0 Å². The fourth-order valence-electron chi connectivity index (χ4n) is 3.28. The van der Waals surface area contributed by atoms with Gasteiger partial charge in [0.2, 0.25) is 5.91 Å². The first kappa shape index (κ1) is 17.9. The lowest BCUT2D eigenvalue weighted by Crippen LogP contribution is -2.52. The lowest BCUT2D eigenvalue weighted by atomic mass is 10.0. The molecule has 1 saturated heterocycles. The molecule has 3 rings (SSSR count). The highest BCUT2D eigenvalue weighted by molar-refractivity contribution is 5.97. The monoisotopic (exact) mass is 352 g/mol. The summed E-state index contributed by atoms with van der Waals surface area (Å²) in [4.78, 5) is 28.8. The quantitative estimate of drug-likeness (QED) is 0.883. The number of carbonyl (C=O) groups excluding carboxylic acids is 2. The first-order valence-corrected chi connectivity index (χ1v) is 8.80. The molecule has 6 heteroatoms. The lowest BCUT2D eigenvalue weighted by Gasteiger charge is -2.39. The van der Waals surface area contributed by atoms with E-state index in [9.17, 15) is 9.59 Å². The Morgan fingerprint density at radius 2 is 1.46 bits per heavy atom. The Morgan fingerprint density at radius 1 is 0.885 bits per heavy atom. The number of nitrogens with one attached hydrogen (secondary N) is 2. The maximum Gasteiger partial charge on any atom is 0.321 e. The number of benzene rings is 2. The van der Waals surface area contributed by atoms with Crippen molar-refractivity contribution >= 4 is 17.6 Å². The summed E-state index contributed by atoms with van der Waals surface area (Å²) in [5.74, 6) is -0.302. The number of amides is 3. The van der Waals surface area contributed by atoms with Crippen molar-refractivity contribution in [2.24, 2.45) is 0 Å². The van der Waals surface area contributed by atoms with Crippen LogP contribution in [-0.4, -0.2) is 50.1 Å². The summed E-state index contributed by atoms with van der Waals surface area (Å²) in [6.07, 6.45) is 0. The molecule has 136 valence electrons. The number of piperazine rings is 1. The first-order chi connectivity index (χ1) is 12.7. The van der Waals surface area contributed by atoms with Crippen LogP contribution in [0.3, 0.4) is 0 Å². The molecule has 2 aromatic carbocycles. The van der Waals surface area contributed by atoms with Crippen LogP contribution in [0, 0.1) is 0 Å². The van der Waals surface area contributed by atoms with Gasteiger partial charge in [0.25, 0.3) is 0 Å². The summed E-state index contributed by atoms with van der Waals surface area (Å²) >= 11 is 0. The zero-order chi connectivity index (χ0) is 18.4. The molecule has 0 radical (unpaired) electrons. The van der Waals surface area contributed by atoms with Crippen LogP contribution in [-0.2, 0) is 4.79 Å². The van der Waals surface area contributed by atoms with Gasteiger partial charge >= 0.3 is 6.03 Å². The van der Waals surface area contributed by atoms with Crippen LogP contribution < -0.4 is 15.5 Å². The van der Waals surface area contributed by atoms with Crippen molar-refractivity contribution in [3.63, 3.8) is 0 Å². The van der Waals surface area contributed by atoms with Crippen molar-refractivity contribution in [1.82, 2.24) is 15.5 Å². The topological polar surface area (TPSA) is 64.7 Å². The fraction of sp³-hybridized carbons (Fsp3) is 0.300. The maximum absolute atomic E-state index is 12.7. The Labute approximate surface area is 153 Å². The van der Waals surface area contributed by atoms with E-state index in [4.69, 9.17) is 0 Å². The van der Waals surface area contributed by atoms with E-state index in [2.05, 4.69) is 32.6 Å². The maximum atomic E-state index is 12.7. The van der Waals surface area contributed by atoms with Crippen LogP contribution in [0.15, 0.2) is 60.7 Å². The van der Waals surface area contributed by atoms with Gasteiger partial charge in [-0.1, -0.05) is 48.5 Å². The Balaban J connectivity index is 1.74. The number of imide groups is 1. The minimum Gasteiger partial charge on any atom is -0.369 e. The lowest BCUT2D eigenvalue weighted by molar-refractivity contribution is -0.125. The molecule has 0 spiro atoms. The highest BCUT2D eigenvalue weighted by Crippen LogP contribution is 2.24. The summed E-state index contributed by atoms with van der Waals surface area (Å²) < 4.78 is 0. The van der Waals surface area contributed by atoms with Crippen LogP contribution in [0.5, 0.6) is 0 Å². The molecule has 1 atom stereocenters. The van der Waals surface area contributed by atoms with Crippen molar-refractivity contribution in [3.05, 3.63) is 66.2 Å². The third-order valence-corrected chi connectivity index (χ3v) is 4.63. The summed E-state index contributed by atoms with van der Waals surface area (Å²) in [5, 5.41) is 4.86. The largest absolute Gasteiger partial charge is 0.369 e. The molecular formula is C20H24N4O2. The normalized spacial score (nSPS) is 16.0. The molecule has 26 heavy (non-hydrogen) atoms. The number of hydrogen-bond donors (Lipinski definition) is 2. The van der Waals surface area contributed by atoms with Gasteiger partial charge in [-0.2, -0.15) is 0 Å². The highest BCUT2D eigenvalue weighted by Gasteiger charge is 2.31. The van der Waals surface area contributed by atoms with Crippen LogP contribution in [0.4, 0.5) is 10.5 Å². The molecule has 2 N–H and O–H groups in total. The van der Waals surface area contributed by atoms with Gasteiger partial charge in [0.05, 0.1) is 0 Å². The van der Waals surface area contributed by atoms with Gasteiger partial charge in [0, 0.05) is 38.9 Å². The number of urea groups is 1. The van der Waals surface area contributed by atoms with Crippen molar-refractivity contribution in [3.8, 4) is 0 Å². The van der Waals surface area contributed by atoms with Crippen LogP contribution in [0.1, 0.15) is 11.6 Å². The van der Waals surface area contributed by atoms with Gasteiger partial charge in [-0.15, -0.1) is 0 Å². The summed E-state index contributed by atoms with van der Waals surface area (Å²) in [6.45, 7) is 3.16. The molecule has 0 aliphatic carbocycles. The van der Waals surface area contributed by atoms with Gasteiger partial charge < -0.3 is 10.2 Å². The number of rotatable bonds is 4. The van der Waals surface area contributed by atoms with E-state index < -0.39 is 12.1 Å². The van der Waals surface area contributed by atoms with Crippen LogP contribution in [0.2, 0.25) is 0 Å². The molecule has 1 unspecified atom stereocenters. The standard InChI is InChI=1S/C20H24N4O2/c1-21-20(26)22-19(25)18(16-8-4-2-5-9-16)24-14-12-23(13-15-24)17-10-6-3-7-11-17/h2-11,18H,12-15H2,1H3,(H2,21,22,25,26). The Morgan fingerprint density at radius 3 is 2.04 bits per heavy atom. The second-order valence-electron chi connectivity index (χ2n) is 6.24. The van der Waals surface area contributed by atoms with Gasteiger partial charge in [-0.05, 0) is 17.7 Å². The van der Waals surface area contributed by atoms with E-state index in [1.165, 1.54) is 12.7 Å². The zero-order valence-electron chi connectivity index (χ0n) is 14.9. The molecule has 1 fully saturated rings.